The van der Waals surface area contributed by atoms with Crippen LogP contribution in [-0.4, -0.2) is 47.1 Å². The number of halogens is 3. The minimum atomic E-state index is -4.52. The Balaban J connectivity index is 1.69. The molecule has 2 fully saturated rings. The van der Waals surface area contributed by atoms with Gasteiger partial charge < -0.3 is 14.5 Å². The third-order valence-electron chi connectivity index (χ3n) is 5.46. The first kappa shape index (κ1) is 21.4. The van der Waals surface area contributed by atoms with Gasteiger partial charge in [0.1, 0.15) is 11.3 Å². The second kappa shape index (κ2) is 7.18. The number of alkyl halides is 3. The van der Waals surface area contributed by atoms with E-state index < -0.39 is 17.5 Å². The Hall–Kier alpha value is -2.32. The lowest BCUT2D eigenvalue weighted by molar-refractivity contribution is -0.141. The Bertz CT molecular complexity index is 809. The minimum absolute atomic E-state index is 0.125. The number of anilines is 1. The Morgan fingerprint density at radius 2 is 1.83 bits per heavy atom. The summed E-state index contributed by atoms with van der Waals surface area (Å²) in [7, 11) is 0. The van der Waals surface area contributed by atoms with Gasteiger partial charge in [-0.3, -0.25) is 4.79 Å². The number of amides is 2. The fourth-order valence-corrected chi connectivity index (χ4v) is 3.93. The molecule has 0 saturated carbocycles. The molecule has 2 saturated heterocycles. The number of nitrogens with zero attached hydrogens (tertiary/aromatic N) is 3. The summed E-state index contributed by atoms with van der Waals surface area (Å²) in [6.07, 6.45) is -2.16. The molecule has 2 aliphatic heterocycles. The summed E-state index contributed by atoms with van der Waals surface area (Å²) in [6, 6.07) is 0.971. The summed E-state index contributed by atoms with van der Waals surface area (Å²) in [5, 5.41) is 0. The van der Waals surface area contributed by atoms with Crippen LogP contribution in [-0.2, 0) is 15.7 Å². The first-order valence-electron chi connectivity index (χ1n) is 9.62. The topological polar surface area (TPSA) is 62.7 Å². The Morgan fingerprint density at radius 3 is 2.34 bits per heavy atom. The van der Waals surface area contributed by atoms with Crippen LogP contribution in [0.25, 0.3) is 0 Å². The fraction of sp³-hybridized carbons (Fsp3) is 0.650. The number of pyridine rings is 1. The molecule has 1 aromatic rings. The van der Waals surface area contributed by atoms with Crippen LogP contribution >= 0.6 is 0 Å². The number of likely N-dealkylation sites (tertiary alicyclic amines) is 1. The van der Waals surface area contributed by atoms with E-state index in [1.165, 1.54) is 4.90 Å². The molecule has 0 aliphatic carbocycles. The molecule has 0 aromatic carbocycles. The monoisotopic (exact) mass is 413 g/mol. The number of hydrogen-bond donors (Lipinski definition) is 0. The Kier molecular flexibility index (Phi) is 5.29. The molecule has 1 spiro atoms. The third kappa shape index (κ3) is 4.64. The second-order valence-corrected chi connectivity index (χ2v) is 8.98. The maximum absolute atomic E-state index is 12.9. The highest BCUT2D eigenvalue weighted by Crippen LogP contribution is 2.43. The van der Waals surface area contributed by atoms with Crippen LogP contribution in [0.15, 0.2) is 12.3 Å². The highest BCUT2D eigenvalue weighted by Gasteiger charge is 2.47. The van der Waals surface area contributed by atoms with Gasteiger partial charge in [-0.15, -0.1) is 0 Å². The maximum Gasteiger partial charge on any atom is 0.433 e. The average molecular weight is 413 g/mol. The number of carbonyl (C=O) groups excluding carboxylic acids is 2. The van der Waals surface area contributed by atoms with Gasteiger partial charge in [0.2, 0.25) is 5.91 Å². The van der Waals surface area contributed by atoms with Crippen LogP contribution in [0, 0.1) is 12.3 Å². The van der Waals surface area contributed by atoms with Crippen molar-refractivity contribution in [1.29, 1.82) is 0 Å². The molecule has 2 amide bonds. The van der Waals surface area contributed by atoms with Crippen molar-refractivity contribution in [2.45, 2.75) is 58.7 Å². The van der Waals surface area contributed by atoms with E-state index in [4.69, 9.17) is 4.74 Å². The molecule has 3 rings (SSSR count). The van der Waals surface area contributed by atoms with Gasteiger partial charge in [-0.1, -0.05) is 0 Å². The van der Waals surface area contributed by atoms with Crippen molar-refractivity contribution < 1.29 is 27.5 Å². The van der Waals surface area contributed by atoms with E-state index in [0.29, 0.717) is 50.1 Å². The summed E-state index contributed by atoms with van der Waals surface area (Å²) in [5.41, 5.74) is -1.05. The van der Waals surface area contributed by atoms with Gasteiger partial charge in [-0.25, -0.2) is 9.78 Å². The summed E-state index contributed by atoms with van der Waals surface area (Å²) >= 11 is 0. The molecule has 0 radical (unpaired) electrons. The van der Waals surface area contributed by atoms with Gasteiger partial charge in [-0.05, 0) is 52.2 Å². The molecule has 29 heavy (non-hydrogen) atoms. The van der Waals surface area contributed by atoms with E-state index >= 15 is 0 Å². The van der Waals surface area contributed by atoms with Crippen molar-refractivity contribution in [3.8, 4) is 0 Å². The average Bonchev–Trinajstić information content (AvgIpc) is 2.89. The van der Waals surface area contributed by atoms with Crippen molar-refractivity contribution in [2.75, 3.05) is 24.5 Å². The first-order chi connectivity index (χ1) is 13.3. The van der Waals surface area contributed by atoms with Gasteiger partial charge >= 0.3 is 12.3 Å². The molecule has 160 valence electrons. The molecular weight excluding hydrogens is 387 g/mol. The van der Waals surface area contributed by atoms with Crippen LogP contribution < -0.4 is 4.90 Å². The lowest BCUT2D eigenvalue weighted by Gasteiger charge is -2.39. The van der Waals surface area contributed by atoms with Crippen molar-refractivity contribution >= 4 is 17.7 Å². The quantitative estimate of drug-likeness (QED) is 0.694. The number of carbonyl (C=O) groups is 2. The zero-order chi connectivity index (χ0) is 21.6. The van der Waals surface area contributed by atoms with Crippen LogP contribution in [0.3, 0.4) is 0 Å². The normalized spacial score (nSPS) is 19.8. The van der Waals surface area contributed by atoms with Gasteiger partial charge in [0.15, 0.2) is 0 Å². The summed E-state index contributed by atoms with van der Waals surface area (Å²) in [5.74, 6) is -0.125. The van der Waals surface area contributed by atoms with Crippen LogP contribution in [0.5, 0.6) is 0 Å². The molecule has 0 unspecified atom stereocenters. The number of ether oxygens (including phenoxy) is 1. The lowest BCUT2D eigenvalue weighted by atomic mass is 9.78. The Morgan fingerprint density at radius 1 is 1.21 bits per heavy atom. The zero-order valence-electron chi connectivity index (χ0n) is 17.1. The molecule has 0 N–H and O–H groups in total. The van der Waals surface area contributed by atoms with Gasteiger partial charge in [0, 0.05) is 31.5 Å². The van der Waals surface area contributed by atoms with Crippen molar-refractivity contribution in [1.82, 2.24) is 9.88 Å². The largest absolute Gasteiger partial charge is 0.444 e. The first-order valence-corrected chi connectivity index (χ1v) is 9.62. The number of aryl methyl sites for hydroxylation is 1. The van der Waals surface area contributed by atoms with E-state index in [0.717, 1.165) is 12.3 Å². The van der Waals surface area contributed by atoms with Crippen molar-refractivity contribution in [3.05, 3.63) is 23.5 Å². The smallest absolute Gasteiger partial charge is 0.433 e. The van der Waals surface area contributed by atoms with E-state index in [9.17, 15) is 22.8 Å². The molecule has 9 heteroatoms. The van der Waals surface area contributed by atoms with E-state index in [1.54, 1.807) is 11.8 Å². The summed E-state index contributed by atoms with van der Waals surface area (Å²) in [6.45, 7) is 8.37. The molecular formula is C20H26F3N3O3. The van der Waals surface area contributed by atoms with Crippen molar-refractivity contribution in [3.63, 3.8) is 0 Å². The summed E-state index contributed by atoms with van der Waals surface area (Å²) in [4.78, 5) is 31.6. The molecule has 0 bridgehead atoms. The highest BCUT2D eigenvalue weighted by molar-refractivity contribution is 5.97. The maximum atomic E-state index is 12.9. The van der Waals surface area contributed by atoms with Gasteiger partial charge in [-0.2, -0.15) is 13.2 Å². The highest BCUT2D eigenvalue weighted by atomic mass is 19.4. The molecule has 3 heterocycles. The molecule has 0 atom stereocenters. The fourth-order valence-electron chi connectivity index (χ4n) is 3.93. The van der Waals surface area contributed by atoms with Crippen molar-refractivity contribution in [2.24, 2.45) is 5.41 Å². The molecule has 6 nitrogen and oxygen atoms in total. The second-order valence-electron chi connectivity index (χ2n) is 8.98. The predicted octanol–water partition coefficient (Wildman–Crippen LogP) is 4.16. The molecule has 1 aromatic heterocycles. The molecule has 2 aliphatic rings. The number of piperidine rings is 1. The SMILES string of the molecule is Cc1cc(C(F)(F)F)ncc1N1CC2(CCN(C(=O)OC(C)(C)C)CC2)CC1=O. The Labute approximate surface area is 168 Å². The zero-order valence-corrected chi connectivity index (χ0v) is 17.1. The van der Waals surface area contributed by atoms with Crippen LogP contribution in [0.4, 0.5) is 23.7 Å². The van der Waals surface area contributed by atoms with E-state index in [2.05, 4.69) is 4.98 Å². The van der Waals surface area contributed by atoms with E-state index in [-0.39, 0.29) is 17.4 Å². The predicted molar refractivity (Wildman–Crippen MR) is 100 cm³/mol. The number of hydrogen-bond acceptors (Lipinski definition) is 4. The number of rotatable bonds is 1. The van der Waals surface area contributed by atoms with Gasteiger partial charge in [0.05, 0.1) is 11.9 Å². The van der Waals surface area contributed by atoms with E-state index in [1.807, 2.05) is 20.8 Å². The third-order valence-corrected chi connectivity index (χ3v) is 5.46. The number of aromatic nitrogens is 1. The minimum Gasteiger partial charge on any atom is -0.444 e. The summed E-state index contributed by atoms with van der Waals surface area (Å²) < 4.78 is 44.0. The van der Waals surface area contributed by atoms with Crippen LogP contribution in [0.1, 0.15) is 51.3 Å². The van der Waals surface area contributed by atoms with Crippen LogP contribution in [0.2, 0.25) is 0 Å². The van der Waals surface area contributed by atoms with Gasteiger partial charge in [0.25, 0.3) is 0 Å². The standard InChI is InChI=1S/C20H26F3N3O3/c1-13-9-15(20(21,22)23)24-11-14(13)26-12-19(10-16(26)27)5-7-25(8-6-19)17(28)29-18(2,3)4/h9,11H,5-8,10,12H2,1-4H3. The lowest BCUT2D eigenvalue weighted by Crippen LogP contribution is -2.46.